The van der Waals surface area contributed by atoms with Gasteiger partial charge in [0, 0.05) is 11.4 Å². The summed E-state index contributed by atoms with van der Waals surface area (Å²) in [5, 5.41) is 19.3. The van der Waals surface area contributed by atoms with Crippen LogP contribution in [0.25, 0.3) is 5.69 Å². The molecule has 3 heterocycles. The van der Waals surface area contributed by atoms with Gasteiger partial charge < -0.3 is 4.42 Å². The number of amides is 1. The molecular formula is C23H19ClN6O2S. The lowest BCUT2D eigenvalue weighted by molar-refractivity contribution is -0.130. The summed E-state index contributed by atoms with van der Waals surface area (Å²) in [6, 6.07) is 18.6. The van der Waals surface area contributed by atoms with Crippen LogP contribution in [0, 0.1) is 6.92 Å². The van der Waals surface area contributed by atoms with Gasteiger partial charge in [-0.3, -0.25) is 4.79 Å². The van der Waals surface area contributed by atoms with Gasteiger partial charge in [-0.1, -0.05) is 53.7 Å². The second-order valence-electron chi connectivity index (χ2n) is 7.48. The number of benzene rings is 2. The van der Waals surface area contributed by atoms with Gasteiger partial charge in [-0.05, 0) is 58.8 Å². The molecule has 0 saturated carbocycles. The average molecular weight is 479 g/mol. The highest BCUT2D eigenvalue weighted by Gasteiger charge is 2.35. The van der Waals surface area contributed by atoms with Crippen molar-refractivity contribution in [1.29, 1.82) is 0 Å². The lowest BCUT2D eigenvalue weighted by Gasteiger charge is -2.19. The second kappa shape index (κ2) is 9.21. The van der Waals surface area contributed by atoms with Crippen molar-refractivity contribution < 1.29 is 9.21 Å². The molecule has 0 N–H and O–H groups in total. The molecule has 0 spiro atoms. The van der Waals surface area contributed by atoms with E-state index in [-0.39, 0.29) is 17.7 Å². The van der Waals surface area contributed by atoms with Crippen LogP contribution >= 0.6 is 23.4 Å². The van der Waals surface area contributed by atoms with Crippen LogP contribution in [0.4, 0.5) is 0 Å². The third-order valence-corrected chi connectivity index (χ3v) is 6.48. The Kier molecular flexibility index (Phi) is 5.97. The van der Waals surface area contributed by atoms with E-state index in [1.54, 1.807) is 10.9 Å². The van der Waals surface area contributed by atoms with E-state index in [0.717, 1.165) is 22.5 Å². The summed E-state index contributed by atoms with van der Waals surface area (Å²) in [5.74, 6) is 0.649. The summed E-state index contributed by atoms with van der Waals surface area (Å²) in [4.78, 5) is 13.2. The van der Waals surface area contributed by atoms with E-state index in [9.17, 15) is 4.79 Å². The number of para-hydroxylation sites is 1. The lowest BCUT2D eigenvalue weighted by atomic mass is 10.0. The largest absolute Gasteiger partial charge is 0.467 e. The molecule has 33 heavy (non-hydrogen) atoms. The number of hydrazone groups is 1. The van der Waals surface area contributed by atoms with E-state index >= 15 is 0 Å². The number of halogens is 1. The maximum absolute atomic E-state index is 13.2. The Hall–Kier alpha value is -3.43. The molecule has 2 aromatic heterocycles. The SMILES string of the molecule is Cc1ccccc1-n1nnnc1SCC(=O)N1N=C(c2ccc(Cl)cc2)C[C@@H]1c1ccco1. The van der Waals surface area contributed by atoms with Crippen molar-refractivity contribution in [3.8, 4) is 5.69 Å². The topological polar surface area (TPSA) is 89.4 Å². The quantitative estimate of drug-likeness (QED) is 0.373. The van der Waals surface area contributed by atoms with Crippen molar-refractivity contribution in [3.05, 3.63) is 88.8 Å². The minimum absolute atomic E-state index is 0.126. The molecule has 5 rings (SSSR count). The number of aryl methyl sites for hydroxylation is 1. The van der Waals surface area contributed by atoms with Gasteiger partial charge in [0.25, 0.3) is 5.91 Å². The van der Waals surface area contributed by atoms with E-state index in [4.69, 9.17) is 16.0 Å². The van der Waals surface area contributed by atoms with Gasteiger partial charge in [-0.2, -0.15) is 9.78 Å². The molecule has 1 amide bonds. The molecule has 0 aliphatic carbocycles. The van der Waals surface area contributed by atoms with E-state index in [2.05, 4.69) is 20.6 Å². The first-order chi connectivity index (χ1) is 16.1. The summed E-state index contributed by atoms with van der Waals surface area (Å²) in [6.07, 6.45) is 2.15. The number of carbonyl (C=O) groups is 1. The maximum Gasteiger partial charge on any atom is 0.253 e. The van der Waals surface area contributed by atoms with E-state index in [0.29, 0.717) is 22.4 Å². The zero-order chi connectivity index (χ0) is 22.8. The summed E-state index contributed by atoms with van der Waals surface area (Å²) in [6.45, 7) is 1.99. The molecule has 1 atom stereocenters. The normalized spacial score (nSPS) is 15.6. The summed E-state index contributed by atoms with van der Waals surface area (Å²) >= 11 is 7.29. The van der Waals surface area contributed by atoms with Gasteiger partial charge >= 0.3 is 0 Å². The Morgan fingerprint density at radius 3 is 2.73 bits per heavy atom. The van der Waals surface area contributed by atoms with Crippen LogP contribution in [0.2, 0.25) is 5.02 Å². The van der Waals surface area contributed by atoms with Crippen LogP contribution in [-0.4, -0.2) is 42.6 Å². The van der Waals surface area contributed by atoms with Crippen LogP contribution in [0.15, 0.2) is 81.6 Å². The number of carbonyl (C=O) groups excluding carboxylic acids is 1. The first-order valence-corrected chi connectivity index (χ1v) is 11.6. The summed E-state index contributed by atoms with van der Waals surface area (Å²) < 4.78 is 7.25. The molecular weight excluding hydrogens is 460 g/mol. The van der Waals surface area contributed by atoms with E-state index in [1.807, 2.05) is 67.6 Å². The molecule has 8 nitrogen and oxygen atoms in total. The number of tetrazole rings is 1. The summed E-state index contributed by atoms with van der Waals surface area (Å²) in [7, 11) is 0. The number of furan rings is 1. The average Bonchev–Trinajstić information content (AvgIpc) is 3.59. The molecule has 10 heteroatoms. The van der Waals surface area contributed by atoms with Crippen molar-refractivity contribution in [2.24, 2.45) is 5.10 Å². The lowest BCUT2D eigenvalue weighted by Crippen LogP contribution is -2.28. The van der Waals surface area contributed by atoms with Crippen LogP contribution in [-0.2, 0) is 4.79 Å². The van der Waals surface area contributed by atoms with Crippen LogP contribution in [0.5, 0.6) is 0 Å². The Labute approximate surface area is 199 Å². The van der Waals surface area contributed by atoms with Crippen LogP contribution < -0.4 is 0 Å². The zero-order valence-electron chi connectivity index (χ0n) is 17.6. The van der Waals surface area contributed by atoms with Crippen molar-refractivity contribution >= 4 is 35.0 Å². The number of hydrogen-bond acceptors (Lipinski definition) is 7. The first kappa shape index (κ1) is 21.4. The van der Waals surface area contributed by atoms with Crippen molar-refractivity contribution in [2.75, 3.05) is 5.75 Å². The fourth-order valence-electron chi connectivity index (χ4n) is 3.67. The first-order valence-electron chi connectivity index (χ1n) is 10.3. The molecule has 4 aromatic rings. The van der Waals surface area contributed by atoms with Gasteiger partial charge in [0.05, 0.1) is 23.4 Å². The number of aromatic nitrogens is 4. The number of rotatable bonds is 6. The number of hydrogen-bond donors (Lipinski definition) is 0. The maximum atomic E-state index is 13.2. The van der Waals surface area contributed by atoms with Gasteiger partial charge in [-0.15, -0.1) is 5.10 Å². The molecule has 0 fully saturated rings. The fraction of sp³-hybridized carbons (Fsp3) is 0.174. The Bertz CT molecular complexity index is 1300. The van der Waals surface area contributed by atoms with Gasteiger partial charge in [0.2, 0.25) is 5.16 Å². The zero-order valence-corrected chi connectivity index (χ0v) is 19.2. The third kappa shape index (κ3) is 4.42. The molecule has 0 unspecified atom stereocenters. The van der Waals surface area contributed by atoms with Gasteiger partial charge in [0.15, 0.2) is 0 Å². The molecule has 0 radical (unpaired) electrons. The molecule has 166 valence electrons. The third-order valence-electron chi connectivity index (χ3n) is 5.32. The molecule has 1 aliphatic rings. The molecule has 1 aliphatic heterocycles. The minimum atomic E-state index is -0.314. The number of thioether (sulfide) groups is 1. The van der Waals surface area contributed by atoms with Crippen molar-refractivity contribution in [2.45, 2.75) is 24.5 Å². The van der Waals surface area contributed by atoms with Crippen LogP contribution in [0.1, 0.15) is 29.3 Å². The predicted molar refractivity (Wildman–Crippen MR) is 126 cm³/mol. The molecule has 0 saturated heterocycles. The highest BCUT2D eigenvalue weighted by molar-refractivity contribution is 7.99. The van der Waals surface area contributed by atoms with Crippen molar-refractivity contribution in [1.82, 2.24) is 25.2 Å². The van der Waals surface area contributed by atoms with Gasteiger partial charge in [0.1, 0.15) is 11.8 Å². The monoisotopic (exact) mass is 478 g/mol. The van der Waals surface area contributed by atoms with Crippen LogP contribution in [0.3, 0.4) is 0 Å². The van der Waals surface area contributed by atoms with E-state index < -0.39 is 0 Å². The molecule has 2 aromatic carbocycles. The van der Waals surface area contributed by atoms with Gasteiger partial charge in [-0.25, -0.2) is 5.01 Å². The highest BCUT2D eigenvalue weighted by atomic mass is 35.5. The Morgan fingerprint density at radius 2 is 1.97 bits per heavy atom. The summed E-state index contributed by atoms with van der Waals surface area (Å²) in [5.41, 5.74) is 3.63. The predicted octanol–water partition coefficient (Wildman–Crippen LogP) is 4.69. The smallest absolute Gasteiger partial charge is 0.253 e. The van der Waals surface area contributed by atoms with Crippen molar-refractivity contribution in [3.63, 3.8) is 0 Å². The second-order valence-corrected chi connectivity index (χ2v) is 8.85. The number of nitrogens with zero attached hydrogens (tertiary/aromatic N) is 6. The Morgan fingerprint density at radius 1 is 1.15 bits per heavy atom. The highest BCUT2D eigenvalue weighted by Crippen LogP contribution is 2.34. The fourth-order valence-corrected chi connectivity index (χ4v) is 4.54. The van der Waals surface area contributed by atoms with E-state index in [1.165, 1.54) is 16.8 Å². The Balaban J connectivity index is 1.37. The standard InChI is InChI=1S/C23H19ClN6O2S/c1-15-5-2-3-6-19(15)30-23(25-27-28-30)33-14-22(31)29-20(21-7-4-12-32-21)13-18(26-29)16-8-10-17(24)11-9-16/h2-12,20H,13-14H2,1H3/t20-/m1/s1. The molecule has 0 bridgehead atoms. The minimum Gasteiger partial charge on any atom is -0.467 e.